The number of nitrogens with zero attached hydrogens (tertiary/aromatic N) is 2. The molecule has 1 aliphatic carbocycles. The SMILES string of the molecule is CN=C(NCc1ccn(C)c1)NCC1(O)CCCC1. The third kappa shape index (κ3) is 3.99. The Bertz CT molecular complexity index is 432. The highest BCUT2D eigenvalue weighted by Gasteiger charge is 2.30. The van der Waals surface area contributed by atoms with Crippen molar-refractivity contribution in [2.24, 2.45) is 12.0 Å². The van der Waals surface area contributed by atoms with Gasteiger partial charge in [-0.25, -0.2) is 0 Å². The van der Waals surface area contributed by atoms with Gasteiger partial charge in [0.15, 0.2) is 5.96 Å². The van der Waals surface area contributed by atoms with Gasteiger partial charge in [-0.3, -0.25) is 4.99 Å². The molecule has 0 spiro atoms. The van der Waals surface area contributed by atoms with E-state index in [1.54, 1.807) is 7.05 Å². The van der Waals surface area contributed by atoms with Gasteiger partial charge in [0.1, 0.15) is 0 Å². The predicted octanol–water partition coefficient (Wildman–Crippen LogP) is 0.995. The van der Waals surface area contributed by atoms with Crippen LogP contribution in [-0.4, -0.2) is 34.8 Å². The Morgan fingerprint density at radius 1 is 1.42 bits per heavy atom. The summed E-state index contributed by atoms with van der Waals surface area (Å²) >= 11 is 0. The fourth-order valence-electron chi connectivity index (χ4n) is 2.53. The first-order chi connectivity index (χ1) is 9.11. The van der Waals surface area contributed by atoms with Crippen LogP contribution in [0.15, 0.2) is 23.5 Å². The number of aliphatic hydroxyl groups is 1. The van der Waals surface area contributed by atoms with E-state index in [2.05, 4.69) is 27.9 Å². The van der Waals surface area contributed by atoms with Crippen molar-refractivity contribution in [1.29, 1.82) is 0 Å². The number of guanidine groups is 1. The third-order valence-corrected chi connectivity index (χ3v) is 3.70. The van der Waals surface area contributed by atoms with Gasteiger partial charge in [0.2, 0.25) is 0 Å². The number of aromatic nitrogens is 1. The molecule has 1 saturated carbocycles. The fourth-order valence-corrected chi connectivity index (χ4v) is 2.53. The molecular formula is C14H24N4O. The van der Waals surface area contributed by atoms with E-state index in [1.807, 2.05) is 17.8 Å². The molecule has 3 N–H and O–H groups in total. The Balaban J connectivity index is 1.77. The van der Waals surface area contributed by atoms with Crippen molar-refractivity contribution in [3.63, 3.8) is 0 Å². The lowest BCUT2D eigenvalue weighted by Gasteiger charge is -2.23. The first-order valence-corrected chi connectivity index (χ1v) is 6.89. The second-order valence-corrected chi connectivity index (χ2v) is 5.40. The minimum Gasteiger partial charge on any atom is -0.388 e. The summed E-state index contributed by atoms with van der Waals surface area (Å²) in [4.78, 5) is 4.18. The molecule has 1 heterocycles. The molecule has 1 aromatic rings. The van der Waals surface area contributed by atoms with E-state index in [0.29, 0.717) is 6.54 Å². The van der Waals surface area contributed by atoms with E-state index in [9.17, 15) is 5.11 Å². The summed E-state index contributed by atoms with van der Waals surface area (Å²) in [6.07, 6.45) is 8.10. The molecule has 5 nitrogen and oxygen atoms in total. The lowest BCUT2D eigenvalue weighted by Crippen LogP contribution is -2.45. The zero-order valence-electron chi connectivity index (χ0n) is 11.8. The van der Waals surface area contributed by atoms with Gasteiger partial charge in [0.25, 0.3) is 0 Å². The van der Waals surface area contributed by atoms with Gasteiger partial charge >= 0.3 is 0 Å². The van der Waals surface area contributed by atoms with E-state index in [4.69, 9.17) is 0 Å². The summed E-state index contributed by atoms with van der Waals surface area (Å²) in [5, 5.41) is 16.7. The minimum absolute atomic E-state index is 0.551. The highest BCUT2D eigenvalue weighted by atomic mass is 16.3. The van der Waals surface area contributed by atoms with Crippen molar-refractivity contribution in [3.05, 3.63) is 24.0 Å². The number of rotatable bonds is 4. The third-order valence-electron chi connectivity index (χ3n) is 3.70. The van der Waals surface area contributed by atoms with Gasteiger partial charge in [-0.2, -0.15) is 0 Å². The summed E-state index contributed by atoms with van der Waals surface area (Å²) in [6, 6.07) is 2.07. The van der Waals surface area contributed by atoms with Crippen molar-refractivity contribution in [2.75, 3.05) is 13.6 Å². The van der Waals surface area contributed by atoms with Crippen LogP contribution in [0, 0.1) is 0 Å². The molecule has 0 aromatic carbocycles. The predicted molar refractivity (Wildman–Crippen MR) is 77.0 cm³/mol. The Hall–Kier alpha value is -1.49. The maximum absolute atomic E-state index is 10.3. The maximum Gasteiger partial charge on any atom is 0.191 e. The van der Waals surface area contributed by atoms with E-state index in [-0.39, 0.29) is 0 Å². The normalized spacial score (nSPS) is 18.6. The van der Waals surface area contributed by atoms with E-state index >= 15 is 0 Å². The lowest BCUT2D eigenvalue weighted by atomic mass is 10.0. The number of nitrogens with one attached hydrogen (secondary N) is 2. The molecule has 1 aromatic heterocycles. The molecule has 0 unspecified atom stereocenters. The molecule has 0 saturated heterocycles. The molecule has 0 aliphatic heterocycles. The fraction of sp³-hybridized carbons (Fsp3) is 0.643. The Morgan fingerprint density at radius 2 is 2.16 bits per heavy atom. The molecule has 19 heavy (non-hydrogen) atoms. The van der Waals surface area contributed by atoms with Gasteiger partial charge in [-0.1, -0.05) is 12.8 Å². The smallest absolute Gasteiger partial charge is 0.191 e. The second kappa shape index (κ2) is 6.10. The number of aryl methyl sites for hydroxylation is 1. The largest absolute Gasteiger partial charge is 0.388 e. The van der Waals surface area contributed by atoms with Crippen molar-refractivity contribution >= 4 is 5.96 Å². The first kappa shape index (κ1) is 13.9. The van der Waals surface area contributed by atoms with Gasteiger partial charge in [-0.15, -0.1) is 0 Å². The van der Waals surface area contributed by atoms with Gasteiger partial charge in [0.05, 0.1) is 5.60 Å². The maximum atomic E-state index is 10.3. The van der Waals surface area contributed by atoms with Crippen LogP contribution in [0.1, 0.15) is 31.2 Å². The lowest BCUT2D eigenvalue weighted by molar-refractivity contribution is 0.0522. The van der Waals surface area contributed by atoms with E-state index in [0.717, 1.165) is 38.2 Å². The van der Waals surface area contributed by atoms with E-state index < -0.39 is 5.60 Å². The van der Waals surface area contributed by atoms with Crippen LogP contribution in [0.2, 0.25) is 0 Å². The molecule has 0 atom stereocenters. The van der Waals surface area contributed by atoms with Crippen molar-refractivity contribution < 1.29 is 5.11 Å². The van der Waals surface area contributed by atoms with Crippen LogP contribution in [0.5, 0.6) is 0 Å². The molecule has 2 rings (SSSR count). The molecule has 106 valence electrons. The van der Waals surface area contributed by atoms with Crippen LogP contribution in [0.4, 0.5) is 0 Å². The number of hydrogen-bond donors (Lipinski definition) is 3. The Morgan fingerprint density at radius 3 is 2.74 bits per heavy atom. The van der Waals surface area contributed by atoms with Gasteiger partial charge in [0, 0.05) is 39.6 Å². The Labute approximate surface area is 114 Å². The van der Waals surface area contributed by atoms with E-state index in [1.165, 1.54) is 5.56 Å². The monoisotopic (exact) mass is 264 g/mol. The zero-order valence-corrected chi connectivity index (χ0v) is 11.8. The summed E-state index contributed by atoms with van der Waals surface area (Å²) in [5.74, 6) is 0.740. The summed E-state index contributed by atoms with van der Waals surface area (Å²) in [7, 11) is 3.76. The van der Waals surface area contributed by atoms with Crippen molar-refractivity contribution in [2.45, 2.75) is 37.8 Å². The summed E-state index contributed by atoms with van der Waals surface area (Å²) in [5.41, 5.74) is 0.662. The molecule has 0 amide bonds. The average Bonchev–Trinajstić information content (AvgIpc) is 2.99. The zero-order chi connectivity index (χ0) is 13.7. The molecule has 0 bridgehead atoms. The summed E-state index contributed by atoms with van der Waals surface area (Å²) in [6.45, 7) is 1.31. The van der Waals surface area contributed by atoms with Crippen molar-refractivity contribution in [3.8, 4) is 0 Å². The standard InChI is InChI=1S/C14H24N4O/c1-15-13(16-9-12-5-8-18(2)10-12)17-11-14(19)6-3-4-7-14/h5,8,10,19H,3-4,6-7,9,11H2,1-2H3,(H2,15,16,17). The van der Waals surface area contributed by atoms with Crippen LogP contribution in [-0.2, 0) is 13.6 Å². The van der Waals surface area contributed by atoms with Gasteiger partial charge < -0.3 is 20.3 Å². The molecular weight excluding hydrogens is 240 g/mol. The van der Waals surface area contributed by atoms with Crippen LogP contribution in [0.25, 0.3) is 0 Å². The van der Waals surface area contributed by atoms with Crippen LogP contribution in [0.3, 0.4) is 0 Å². The molecule has 5 heteroatoms. The molecule has 1 aliphatic rings. The van der Waals surface area contributed by atoms with Crippen LogP contribution < -0.4 is 10.6 Å². The number of hydrogen-bond acceptors (Lipinski definition) is 2. The number of aliphatic imine (C=N–C) groups is 1. The molecule has 1 fully saturated rings. The summed E-state index contributed by atoms with van der Waals surface area (Å²) < 4.78 is 2.02. The second-order valence-electron chi connectivity index (χ2n) is 5.40. The average molecular weight is 264 g/mol. The minimum atomic E-state index is -0.551. The topological polar surface area (TPSA) is 61.6 Å². The highest BCUT2D eigenvalue weighted by Crippen LogP contribution is 2.28. The highest BCUT2D eigenvalue weighted by molar-refractivity contribution is 5.79. The molecule has 0 radical (unpaired) electrons. The van der Waals surface area contributed by atoms with Crippen molar-refractivity contribution in [1.82, 2.24) is 15.2 Å². The Kier molecular flexibility index (Phi) is 4.47. The van der Waals surface area contributed by atoms with Gasteiger partial charge in [-0.05, 0) is 24.5 Å². The van der Waals surface area contributed by atoms with Crippen LogP contribution >= 0.6 is 0 Å². The quantitative estimate of drug-likeness (QED) is 0.561. The first-order valence-electron chi connectivity index (χ1n) is 6.89.